The number of nitrogens with one attached hydrogen (secondary N) is 2. The Morgan fingerprint density at radius 1 is 1.06 bits per heavy atom. The first-order chi connectivity index (χ1) is 7.38. The molecule has 0 aromatic rings. The van der Waals surface area contributed by atoms with Gasteiger partial charge < -0.3 is 22.3 Å². The summed E-state index contributed by atoms with van der Waals surface area (Å²) in [7, 11) is 0. The maximum Gasteiger partial charge on any atom is 0.257 e. The number of carbonyl (C=O) groups excluding carboxylic acids is 3. The monoisotopic (exact) mass is 233 g/mol. The third-order valence-corrected chi connectivity index (χ3v) is 1.60. The van der Waals surface area contributed by atoms with E-state index >= 15 is 0 Å². The lowest BCUT2D eigenvalue weighted by Crippen LogP contribution is -2.54. The first-order valence-corrected chi connectivity index (χ1v) is 4.38. The van der Waals surface area contributed by atoms with E-state index in [9.17, 15) is 14.4 Å². The van der Waals surface area contributed by atoms with E-state index in [1.54, 1.807) is 0 Å². The fourth-order valence-electron chi connectivity index (χ4n) is 0.701. The van der Waals surface area contributed by atoms with E-state index in [0.29, 0.717) is 0 Å². The van der Waals surface area contributed by atoms with Gasteiger partial charge in [0.1, 0.15) is 6.04 Å². The molecule has 0 aliphatic rings. The summed E-state index contributed by atoms with van der Waals surface area (Å²) in [5.41, 5.74) is 19.1. The molecule has 0 saturated carbocycles. The molecule has 0 aromatic carbocycles. The fraction of sp³-hybridized carbons (Fsp3) is 0.571. The van der Waals surface area contributed by atoms with Crippen molar-refractivity contribution in [2.24, 2.45) is 17.2 Å². The highest BCUT2D eigenvalue weighted by atomic mass is 16.3. The number of carbonyl (C=O) groups is 3. The van der Waals surface area contributed by atoms with Gasteiger partial charge in [0.25, 0.3) is 11.8 Å². The zero-order chi connectivity index (χ0) is 12.7. The van der Waals surface area contributed by atoms with Crippen molar-refractivity contribution in [1.82, 2.24) is 10.9 Å². The minimum atomic E-state index is -1.15. The van der Waals surface area contributed by atoms with Gasteiger partial charge in [-0.25, -0.2) is 0 Å². The van der Waals surface area contributed by atoms with Crippen molar-refractivity contribution in [3.05, 3.63) is 0 Å². The Morgan fingerprint density at radius 3 is 1.88 bits per heavy atom. The van der Waals surface area contributed by atoms with Gasteiger partial charge in [0.05, 0.1) is 19.1 Å². The summed E-state index contributed by atoms with van der Waals surface area (Å²) in [4.78, 5) is 32.5. The molecule has 9 heteroatoms. The van der Waals surface area contributed by atoms with E-state index in [4.69, 9.17) is 22.3 Å². The zero-order valence-corrected chi connectivity index (χ0v) is 8.47. The van der Waals surface area contributed by atoms with Gasteiger partial charge in [-0.15, -0.1) is 0 Å². The van der Waals surface area contributed by atoms with Gasteiger partial charge in [-0.05, 0) is 0 Å². The number of aliphatic hydroxyl groups excluding tert-OH is 1. The van der Waals surface area contributed by atoms with Crippen molar-refractivity contribution < 1.29 is 19.5 Å². The molecular formula is C7H15N5O4. The molecule has 92 valence electrons. The Labute approximate surface area is 91.3 Å². The van der Waals surface area contributed by atoms with Crippen LogP contribution in [0, 0.1) is 0 Å². The van der Waals surface area contributed by atoms with Crippen LogP contribution < -0.4 is 28.1 Å². The molecule has 0 bridgehead atoms. The average molecular weight is 233 g/mol. The number of hydrazine groups is 1. The van der Waals surface area contributed by atoms with Gasteiger partial charge in [-0.1, -0.05) is 0 Å². The van der Waals surface area contributed by atoms with Crippen LogP contribution in [0.4, 0.5) is 0 Å². The second-order valence-electron chi connectivity index (χ2n) is 3.04. The van der Waals surface area contributed by atoms with Crippen molar-refractivity contribution in [2.75, 3.05) is 6.61 Å². The van der Waals surface area contributed by atoms with Crippen LogP contribution in [0.15, 0.2) is 0 Å². The number of hydrogen-bond donors (Lipinski definition) is 6. The van der Waals surface area contributed by atoms with Crippen molar-refractivity contribution in [1.29, 1.82) is 0 Å². The smallest absolute Gasteiger partial charge is 0.257 e. The first-order valence-electron chi connectivity index (χ1n) is 4.38. The second kappa shape index (κ2) is 6.71. The van der Waals surface area contributed by atoms with Crippen LogP contribution in [0.3, 0.4) is 0 Å². The van der Waals surface area contributed by atoms with E-state index in [1.807, 2.05) is 10.9 Å². The van der Waals surface area contributed by atoms with Crippen LogP contribution in [0.2, 0.25) is 0 Å². The number of hydrogen-bond acceptors (Lipinski definition) is 6. The van der Waals surface area contributed by atoms with Crippen LogP contribution in [0.5, 0.6) is 0 Å². The van der Waals surface area contributed by atoms with Crippen LogP contribution >= 0.6 is 0 Å². The van der Waals surface area contributed by atoms with Gasteiger partial charge in [-0.2, -0.15) is 0 Å². The van der Waals surface area contributed by atoms with Crippen LogP contribution in [0.1, 0.15) is 6.42 Å². The lowest BCUT2D eigenvalue weighted by Gasteiger charge is -2.13. The molecule has 0 aliphatic carbocycles. The lowest BCUT2D eigenvalue weighted by molar-refractivity contribution is -0.131. The van der Waals surface area contributed by atoms with Crippen molar-refractivity contribution in [2.45, 2.75) is 18.5 Å². The molecule has 9 N–H and O–H groups in total. The quantitative estimate of drug-likeness (QED) is 0.262. The zero-order valence-electron chi connectivity index (χ0n) is 8.47. The summed E-state index contributed by atoms with van der Waals surface area (Å²) in [6, 6.07) is -2.30. The van der Waals surface area contributed by atoms with Crippen LogP contribution in [-0.2, 0) is 14.4 Å². The third kappa shape index (κ3) is 5.24. The summed E-state index contributed by atoms with van der Waals surface area (Å²) >= 11 is 0. The summed E-state index contributed by atoms with van der Waals surface area (Å²) in [6.45, 7) is -0.560. The topological polar surface area (TPSA) is 174 Å². The number of nitrogens with two attached hydrogens (primary N) is 3. The summed E-state index contributed by atoms with van der Waals surface area (Å²) in [5.74, 6) is -2.29. The molecule has 1 unspecified atom stereocenters. The second-order valence-corrected chi connectivity index (χ2v) is 3.04. The maximum absolute atomic E-state index is 11.1. The van der Waals surface area contributed by atoms with Crippen molar-refractivity contribution in [3.63, 3.8) is 0 Å². The van der Waals surface area contributed by atoms with E-state index in [0.717, 1.165) is 0 Å². The summed E-state index contributed by atoms with van der Waals surface area (Å²) < 4.78 is 0. The fourth-order valence-corrected chi connectivity index (χ4v) is 0.701. The SMILES string of the molecule is NC(=O)CC(N)C(=O)NNC(=O)[C@@H](N)CO. The summed E-state index contributed by atoms with van der Waals surface area (Å²) in [6.07, 6.45) is -0.340. The highest BCUT2D eigenvalue weighted by Gasteiger charge is 2.18. The Kier molecular flexibility index (Phi) is 6.00. The highest BCUT2D eigenvalue weighted by molar-refractivity contribution is 5.90. The standard InChI is InChI=1S/C7H15N5O4/c8-3(1-5(10)14)6(15)11-12-7(16)4(9)2-13/h3-4,13H,1-2,8-9H2,(H2,10,14)(H,11,15)(H,12,16)/t3?,4-/m0/s1. The van der Waals surface area contributed by atoms with E-state index in [2.05, 4.69) is 0 Å². The number of aliphatic hydroxyl groups is 1. The van der Waals surface area contributed by atoms with Gasteiger partial charge >= 0.3 is 0 Å². The number of amides is 3. The van der Waals surface area contributed by atoms with Crippen molar-refractivity contribution >= 4 is 17.7 Å². The van der Waals surface area contributed by atoms with Gasteiger partial charge in [0, 0.05) is 0 Å². The molecule has 0 aromatic heterocycles. The molecule has 2 atom stereocenters. The molecular weight excluding hydrogens is 218 g/mol. The van der Waals surface area contributed by atoms with E-state index in [1.165, 1.54) is 0 Å². The molecule has 0 heterocycles. The normalized spacial score (nSPS) is 13.7. The van der Waals surface area contributed by atoms with Crippen molar-refractivity contribution in [3.8, 4) is 0 Å². The maximum atomic E-state index is 11.1. The molecule has 9 nitrogen and oxygen atoms in total. The largest absolute Gasteiger partial charge is 0.394 e. The molecule has 0 rings (SSSR count). The van der Waals surface area contributed by atoms with Gasteiger partial charge in [-0.3, -0.25) is 25.2 Å². The van der Waals surface area contributed by atoms with Gasteiger partial charge in [0.15, 0.2) is 0 Å². The summed E-state index contributed by atoms with van der Waals surface area (Å²) in [5, 5.41) is 8.51. The first kappa shape index (κ1) is 14.3. The Morgan fingerprint density at radius 2 is 1.50 bits per heavy atom. The lowest BCUT2D eigenvalue weighted by atomic mass is 10.2. The predicted octanol–water partition coefficient (Wildman–Crippen LogP) is -4.34. The van der Waals surface area contributed by atoms with Gasteiger partial charge in [0.2, 0.25) is 5.91 Å². The molecule has 3 amide bonds. The molecule has 0 saturated heterocycles. The number of rotatable bonds is 5. The molecule has 16 heavy (non-hydrogen) atoms. The molecule has 0 aliphatic heterocycles. The van der Waals surface area contributed by atoms with E-state index < -0.39 is 36.4 Å². The number of primary amides is 1. The molecule has 0 radical (unpaired) electrons. The van der Waals surface area contributed by atoms with Crippen LogP contribution in [0.25, 0.3) is 0 Å². The minimum absolute atomic E-state index is 0.340. The Hall–Kier alpha value is -1.71. The van der Waals surface area contributed by atoms with E-state index in [-0.39, 0.29) is 6.42 Å². The Bertz CT molecular complexity index is 282. The molecule has 0 spiro atoms. The highest BCUT2D eigenvalue weighted by Crippen LogP contribution is 1.85. The molecule has 0 fully saturated rings. The Balaban J connectivity index is 3.97. The average Bonchev–Trinajstić information content (AvgIpc) is 2.23. The van der Waals surface area contributed by atoms with Crippen LogP contribution in [-0.4, -0.2) is 41.5 Å². The predicted molar refractivity (Wildman–Crippen MR) is 53.1 cm³/mol. The minimum Gasteiger partial charge on any atom is -0.394 e. The third-order valence-electron chi connectivity index (χ3n) is 1.60.